The van der Waals surface area contributed by atoms with Crippen LogP contribution in [-0.2, 0) is 4.79 Å². The Hall–Kier alpha value is -0.570. The van der Waals surface area contributed by atoms with Gasteiger partial charge in [0.15, 0.2) is 0 Å². The molecule has 1 saturated heterocycles. The molecule has 1 fully saturated rings. The molecule has 0 aromatic heterocycles. The van der Waals surface area contributed by atoms with E-state index < -0.39 is 0 Å². The highest BCUT2D eigenvalue weighted by atomic mass is 16.1. The third kappa shape index (κ3) is 3.78. The zero-order valence-electron chi connectivity index (χ0n) is 11.0. The fourth-order valence-corrected chi connectivity index (χ4v) is 2.08. The SMILES string of the molecule is CCC(C)CC(C)NC(=O)C(C)C1CNC1. The first-order valence-corrected chi connectivity index (χ1v) is 6.55. The van der Waals surface area contributed by atoms with Crippen molar-refractivity contribution in [3.05, 3.63) is 0 Å². The molecule has 16 heavy (non-hydrogen) atoms. The van der Waals surface area contributed by atoms with Crippen LogP contribution in [-0.4, -0.2) is 25.0 Å². The topological polar surface area (TPSA) is 41.1 Å². The van der Waals surface area contributed by atoms with E-state index in [2.05, 4.69) is 31.4 Å². The van der Waals surface area contributed by atoms with Crippen LogP contribution in [0.15, 0.2) is 0 Å². The lowest BCUT2D eigenvalue weighted by atomic mass is 9.88. The van der Waals surface area contributed by atoms with Crippen molar-refractivity contribution < 1.29 is 4.79 Å². The molecular weight excluding hydrogens is 200 g/mol. The molecule has 0 aromatic rings. The molecule has 3 unspecified atom stereocenters. The summed E-state index contributed by atoms with van der Waals surface area (Å²) in [5.74, 6) is 1.61. The highest BCUT2D eigenvalue weighted by Gasteiger charge is 2.29. The van der Waals surface area contributed by atoms with Crippen molar-refractivity contribution >= 4 is 5.91 Å². The maximum Gasteiger partial charge on any atom is 0.223 e. The molecule has 94 valence electrons. The van der Waals surface area contributed by atoms with E-state index in [-0.39, 0.29) is 11.8 Å². The van der Waals surface area contributed by atoms with Crippen LogP contribution in [0.25, 0.3) is 0 Å². The molecule has 2 N–H and O–H groups in total. The zero-order valence-corrected chi connectivity index (χ0v) is 11.0. The Morgan fingerprint density at radius 2 is 2.00 bits per heavy atom. The highest BCUT2D eigenvalue weighted by Crippen LogP contribution is 2.17. The van der Waals surface area contributed by atoms with Gasteiger partial charge in [-0.05, 0) is 38.3 Å². The van der Waals surface area contributed by atoms with Crippen LogP contribution in [0.4, 0.5) is 0 Å². The Morgan fingerprint density at radius 3 is 2.44 bits per heavy atom. The van der Waals surface area contributed by atoms with E-state index >= 15 is 0 Å². The summed E-state index contributed by atoms with van der Waals surface area (Å²) in [7, 11) is 0. The second kappa shape index (κ2) is 6.24. The first-order chi connectivity index (χ1) is 7.54. The maximum atomic E-state index is 11.9. The minimum absolute atomic E-state index is 0.153. The van der Waals surface area contributed by atoms with Gasteiger partial charge < -0.3 is 10.6 Å². The van der Waals surface area contributed by atoms with Crippen molar-refractivity contribution in [1.29, 1.82) is 0 Å². The van der Waals surface area contributed by atoms with Gasteiger partial charge in [0, 0.05) is 12.0 Å². The van der Waals surface area contributed by atoms with E-state index in [4.69, 9.17) is 0 Å². The van der Waals surface area contributed by atoms with Crippen LogP contribution in [0.1, 0.15) is 40.5 Å². The van der Waals surface area contributed by atoms with Crippen LogP contribution < -0.4 is 10.6 Å². The lowest BCUT2D eigenvalue weighted by Crippen LogP contribution is -2.50. The van der Waals surface area contributed by atoms with E-state index in [0.717, 1.165) is 19.5 Å². The fraction of sp³-hybridized carbons (Fsp3) is 0.923. The molecule has 1 amide bonds. The number of rotatable bonds is 6. The highest BCUT2D eigenvalue weighted by molar-refractivity contribution is 5.79. The smallest absolute Gasteiger partial charge is 0.223 e. The number of amides is 1. The average Bonchev–Trinajstić information content (AvgIpc) is 2.14. The van der Waals surface area contributed by atoms with E-state index in [0.29, 0.717) is 17.9 Å². The zero-order chi connectivity index (χ0) is 12.1. The van der Waals surface area contributed by atoms with E-state index in [9.17, 15) is 4.79 Å². The van der Waals surface area contributed by atoms with Gasteiger partial charge in [-0.1, -0.05) is 27.2 Å². The summed E-state index contributed by atoms with van der Waals surface area (Å²) < 4.78 is 0. The fourth-order valence-electron chi connectivity index (χ4n) is 2.08. The van der Waals surface area contributed by atoms with Gasteiger partial charge in [-0.3, -0.25) is 4.79 Å². The van der Waals surface area contributed by atoms with Crippen LogP contribution >= 0.6 is 0 Å². The summed E-state index contributed by atoms with van der Waals surface area (Å²) in [6, 6.07) is 0.304. The van der Waals surface area contributed by atoms with Crippen LogP contribution in [0, 0.1) is 17.8 Å². The molecule has 0 saturated carbocycles. The first kappa shape index (κ1) is 13.5. The van der Waals surface area contributed by atoms with Crippen molar-refractivity contribution in [3.8, 4) is 0 Å². The molecule has 1 rings (SSSR count). The van der Waals surface area contributed by atoms with Crippen molar-refractivity contribution in [2.45, 2.75) is 46.6 Å². The van der Waals surface area contributed by atoms with E-state index in [1.165, 1.54) is 6.42 Å². The summed E-state index contributed by atoms with van der Waals surface area (Å²) in [6.45, 7) is 10.6. The molecule has 0 radical (unpaired) electrons. The van der Waals surface area contributed by atoms with Crippen molar-refractivity contribution in [1.82, 2.24) is 10.6 Å². The lowest BCUT2D eigenvalue weighted by Gasteiger charge is -2.32. The summed E-state index contributed by atoms with van der Waals surface area (Å²) in [5, 5.41) is 6.34. The predicted molar refractivity (Wildman–Crippen MR) is 67.2 cm³/mol. The van der Waals surface area contributed by atoms with Gasteiger partial charge in [-0.2, -0.15) is 0 Å². The van der Waals surface area contributed by atoms with Gasteiger partial charge in [0.2, 0.25) is 5.91 Å². The Bertz CT molecular complexity index is 226. The largest absolute Gasteiger partial charge is 0.353 e. The predicted octanol–water partition coefficient (Wildman–Crippen LogP) is 1.78. The molecule has 0 bridgehead atoms. The Kier molecular flexibility index (Phi) is 5.26. The van der Waals surface area contributed by atoms with E-state index in [1.54, 1.807) is 0 Å². The molecule has 0 aromatic carbocycles. The molecule has 0 spiro atoms. The number of hydrogen-bond acceptors (Lipinski definition) is 2. The summed E-state index contributed by atoms with van der Waals surface area (Å²) in [5.41, 5.74) is 0. The van der Waals surface area contributed by atoms with Gasteiger partial charge >= 0.3 is 0 Å². The first-order valence-electron chi connectivity index (χ1n) is 6.55. The quantitative estimate of drug-likeness (QED) is 0.725. The maximum absolute atomic E-state index is 11.9. The average molecular weight is 226 g/mol. The number of carbonyl (C=O) groups is 1. The second-order valence-electron chi connectivity index (χ2n) is 5.37. The Labute approximate surface area is 99.4 Å². The van der Waals surface area contributed by atoms with Gasteiger partial charge in [0.05, 0.1) is 0 Å². The molecule has 3 nitrogen and oxygen atoms in total. The molecule has 1 aliphatic rings. The standard InChI is InChI=1S/C13H26N2O/c1-5-9(2)6-10(3)15-13(16)11(4)12-7-14-8-12/h9-12,14H,5-8H2,1-4H3,(H,15,16). The van der Waals surface area contributed by atoms with Gasteiger partial charge in [0.25, 0.3) is 0 Å². The normalized spacial score (nSPS) is 22.0. The minimum atomic E-state index is 0.153. The van der Waals surface area contributed by atoms with Crippen molar-refractivity contribution in [3.63, 3.8) is 0 Å². The van der Waals surface area contributed by atoms with Crippen molar-refractivity contribution in [2.24, 2.45) is 17.8 Å². The third-order valence-corrected chi connectivity index (χ3v) is 3.78. The molecule has 3 atom stereocenters. The van der Waals surface area contributed by atoms with Crippen molar-refractivity contribution in [2.75, 3.05) is 13.1 Å². The van der Waals surface area contributed by atoms with Crippen LogP contribution in [0.3, 0.4) is 0 Å². The number of nitrogens with one attached hydrogen (secondary N) is 2. The Balaban J connectivity index is 2.26. The molecule has 0 aliphatic carbocycles. The Morgan fingerprint density at radius 1 is 1.38 bits per heavy atom. The lowest BCUT2D eigenvalue weighted by molar-refractivity contribution is -0.127. The van der Waals surface area contributed by atoms with Gasteiger partial charge in [-0.15, -0.1) is 0 Å². The monoisotopic (exact) mass is 226 g/mol. The minimum Gasteiger partial charge on any atom is -0.353 e. The molecule has 3 heteroatoms. The molecule has 1 aliphatic heterocycles. The number of hydrogen-bond donors (Lipinski definition) is 2. The van der Waals surface area contributed by atoms with Gasteiger partial charge in [-0.25, -0.2) is 0 Å². The third-order valence-electron chi connectivity index (χ3n) is 3.78. The summed E-state index contributed by atoms with van der Waals surface area (Å²) in [4.78, 5) is 11.9. The van der Waals surface area contributed by atoms with E-state index in [1.807, 2.05) is 6.92 Å². The molecular formula is C13H26N2O. The number of carbonyl (C=O) groups excluding carboxylic acids is 1. The summed E-state index contributed by atoms with van der Waals surface area (Å²) in [6.07, 6.45) is 2.26. The van der Waals surface area contributed by atoms with Crippen LogP contribution in [0.5, 0.6) is 0 Å². The van der Waals surface area contributed by atoms with Gasteiger partial charge in [0.1, 0.15) is 0 Å². The van der Waals surface area contributed by atoms with Crippen LogP contribution in [0.2, 0.25) is 0 Å². The molecule has 1 heterocycles. The second-order valence-corrected chi connectivity index (χ2v) is 5.37. The summed E-state index contributed by atoms with van der Waals surface area (Å²) >= 11 is 0.